The van der Waals surface area contributed by atoms with Gasteiger partial charge in [-0.05, 0) is 42.7 Å². The summed E-state index contributed by atoms with van der Waals surface area (Å²) >= 11 is 0. The number of hydrogen-bond donors (Lipinski definition) is 0. The van der Waals surface area contributed by atoms with Crippen LogP contribution in [0.5, 0.6) is 0 Å². The van der Waals surface area contributed by atoms with Crippen LogP contribution in [-0.2, 0) is 16.1 Å². The quantitative estimate of drug-likeness (QED) is 0.633. The van der Waals surface area contributed by atoms with E-state index in [-0.39, 0.29) is 29.4 Å². The highest BCUT2D eigenvalue weighted by atomic mass is 16.5. The maximum absolute atomic E-state index is 12.6. The number of para-hydroxylation sites is 1. The molecule has 2 aliphatic rings. The van der Waals surface area contributed by atoms with E-state index >= 15 is 0 Å². The number of esters is 1. The second-order valence-corrected chi connectivity index (χ2v) is 8.28. The zero-order valence-electron chi connectivity index (χ0n) is 14.8. The summed E-state index contributed by atoms with van der Waals surface area (Å²) in [4.78, 5) is 12.6. The van der Waals surface area contributed by atoms with E-state index in [2.05, 4.69) is 32.9 Å². The monoisotopic (exact) mass is 324 g/mol. The molecule has 0 amide bonds. The van der Waals surface area contributed by atoms with Gasteiger partial charge in [0.05, 0.1) is 0 Å². The Hall–Kier alpha value is -1.90. The molecule has 0 radical (unpaired) electrons. The fourth-order valence-corrected chi connectivity index (χ4v) is 5.00. The number of carbonyl (C=O) groups excluding carboxylic acids is 1. The number of ether oxygens (including phenoxy) is 1. The van der Waals surface area contributed by atoms with Crippen LogP contribution in [0, 0.1) is 16.7 Å². The van der Waals surface area contributed by atoms with Crippen molar-refractivity contribution in [2.45, 2.75) is 52.7 Å². The van der Waals surface area contributed by atoms with Gasteiger partial charge in [-0.3, -0.25) is 0 Å². The van der Waals surface area contributed by atoms with Crippen LogP contribution >= 0.6 is 0 Å². The second kappa shape index (κ2) is 5.30. The predicted molar refractivity (Wildman–Crippen MR) is 93.3 cm³/mol. The predicted octanol–water partition coefficient (Wildman–Crippen LogP) is 3.89. The maximum Gasteiger partial charge on any atom is 0.372 e. The van der Waals surface area contributed by atoms with E-state index in [1.807, 2.05) is 35.0 Å². The first-order chi connectivity index (χ1) is 11.4. The first-order valence-corrected chi connectivity index (χ1v) is 8.98. The number of hydrogen-bond acceptors (Lipinski definition) is 2. The maximum atomic E-state index is 12.6. The van der Waals surface area contributed by atoms with Crippen molar-refractivity contribution in [2.24, 2.45) is 16.7 Å². The lowest BCUT2D eigenvalue weighted by Crippen LogP contribution is -2.43. The Balaban J connectivity index is 1.52. The highest BCUT2D eigenvalue weighted by Crippen LogP contribution is 2.66. The summed E-state index contributed by atoms with van der Waals surface area (Å²) < 4.78 is 7.96. The Morgan fingerprint density at radius 3 is 2.67 bits per heavy atom. The number of rotatable bonds is 3. The van der Waals surface area contributed by atoms with E-state index in [4.69, 9.17) is 4.74 Å². The lowest BCUT2D eigenvalue weighted by molar-refractivity contribution is -0.660. The SMILES string of the molecule is CC1(C)[C@H]2CC[C@@]1(C)[C@H](OC(=O)C[n+]1cccc3ccccc31)C2. The van der Waals surface area contributed by atoms with Gasteiger partial charge in [-0.25, -0.2) is 4.79 Å². The smallest absolute Gasteiger partial charge is 0.372 e. The van der Waals surface area contributed by atoms with Crippen LogP contribution in [0.25, 0.3) is 10.9 Å². The Kier molecular flexibility index (Phi) is 3.45. The van der Waals surface area contributed by atoms with Crippen molar-refractivity contribution in [2.75, 3.05) is 0 Å². The van der Waals surface area contributed by atoms with Crippen LogP contribution in [0.15, 0.2) is 42.6 Å². The third-order valence-electron chi connectivity index (χ3n) is 7.08. The van der Waals surface area contributed by atoms with Crippen molar-refractivity contribution in [3.05, 3.63) is 42.6 Å². The molecule has 2 saturated carbocycles. The zero-order valence-corrected chi connectivity index (χ0v) is 14.8. The molecule has 1 aromatic heterocycles. The van der Waals surface area contributed by atoms with E-state index in [0.29, 0.717) is 5.92 Å². The van der Waals surface area contributed by atoms with Crippen LogP contribution in [0.2, 0.25) is 0 Å². The van der Waals surface area contributed by atoms with Crippen molar-refractivity contribution >= 4 is 16.9 Å². The van der Waals surface area contributed by atoms with Crippen molar-refractivity contribution in [3.8, 4) is 0 Å². The molecule has 1 aromatic carbocycles. The number of benzene rings is 1. The molecule has 2 aliphatic carbocycles. The number of fused-ring (bicyclic) bond motifs is 3. The van der Waals surface area contributed by atoms with E-state index in [1.165, 1.54) is 12.8 Å². The van der Waals surface area contributed by atoms with Gasteiger partial charge in [0.2, 0.25) is 12.1 Å². The molecule has 0 N–H and O–H groups in total. The van der Waals surface area contributed by atoms with Gasteiger partial charge >= 0.3 is 5.97 Å². The summed E-state index contributed by atoms with van der Waals surface area (Å²) in [6.45, 7) is 7.28. The standard InChI is InChI=1S/C21H26NO2/c1-20(2)16-10-11-21(20,3)18(13-16)24-19(23)14-22-12-6-8-15-7-4-5-9-17(15)22/h4-9,12,16,18H,10-11,13-14H2,1-3H3/q+1/t16-,18+,21-/m0/s1. The first-order valence-electron chi connectivity index (χ1n) is 8.98. The van der Waals surface area contributed by atoms with Crippen molar-refractivity contribution in [1.29, 1.82) is 0 Å². The van der Waals surface area contributed by atoms with Crippen LogP contribution in [0.3, 0.4) is 0 Å². The van der Waals surface area contributed by atoms with Crippen LogP contribution in [-0.4, -0.2) is 12.1 Å². The molecule has 3 heteroatoms. The minimum Gasteiger partial charge on any atom is -0.457 e. The third-order valence-corrected chi connectivity index (χ3v) is 7.08. The summed E-state index contributed by atoms with van der Waals surface area (Å²) in [7, 11) is 0. The van der Waals surface area contributed by atoms with Crippen molar-refractivity contribution in [1.82, 2.24) is 0 Å². The molecule has 0 spiro atoms. The summed E-state index contributed by atoms with van der Waals surface area (Å²) in [5.74, 6) is 0.566. The van der Waals surface area contributed by atoms with Gasteiger partial charge in [0, 0.05) is 22.9 Å². The average molecular weight is 324 g/mol. The fourth-order valence-electron chi connectivity index (χ4n) is 5.00. The first kappa shape index (κ1) is 15.6. The third kappa shape index (κ3) is 2.17. The molecule has 3 nitrogen and oxygen atoms in total. The minimum absolute atomic E-state index is 0.0642. The molecule has 126 valence electrons. The molecule has 2 bridgehead atoms. The molecule has 2 fully saturated rings. The molecule has 1 heterocycles. The summed E-state index contributed by atoms with van der Waals surface area (Å²) in [6, 6.07) is 12.2. The molecule has 4 rings (SSSR count). The molecule has 3 atom stereocenters. The lowest BCUT2D eigenvalue weighted by Gasteiger charge is -2.38. The van der Waals surface area contributed by atoms with Gasteiger partial charge < -0.3 is 4.74 Å². The number of nitrogens with zero attached hydrogens (tertiary/aromatic N) is 1. The Morgan fingerprint density at radius 1 is 1.21 bits per heavy atom. The van der Waals surface area contributed by atoms with Crippen LogP contribution in [0.4, 0.5) is 0 Å². The zero-order chi connectivity index (χ0) is 16.9. The highest BCUT2D eigenvalue weighted by molar-refractivity contribution is 5.76. The van der Waals surface area contributed by atoms with E-state index in [0.717, 1.165) is 17.3 Å². The highest BCUT2D eigenvalue weighted by Gasteiger charge is 2.62. The molecular formula is C21H26NO2+. The summed E-state index contributed by atoms with van der Waals surface area (Å²) in [6.07, 6.45) is 5.49. The van der Waals surface area contributed by atoms with Gasteiger partial charge in [0.25, 0.3) is 0 Å². The number of pyridine rings is 1. The van der Waals surface area contributed by atoms with Crippen LogP contribution in [0.1, 0.15) is 40.0 Å². The number of carbonyl (C=O) groups is 1. The van der Waals surface area contributed by atoms with Crippen LogP contribution < -0.4 is 4.57 Å². The van der Waals surface area contributed by atoms with Gasteiger partial charge in [0.1, 0.15) is 6.10 Å². The Bertz CT molecular complexity index is 792. The van der Waals surface area contributed by atoms with Crippen molar-refractivity contribution < 1.29 is 14.1 Å². The molecule has 0 aliphatic heterocycles. The van der Waals surface area contributed by atoms with Gasteiger partial charge in [0.15, 0.2) is 6.20 Å². The minimum atomic E-state index is -0.120. The normalized spacial score (nSPS) is 30.6. The summed E-state index contributed by atoms with van der Waals surface area (Å²) in [5.41, 5.74) is 1.46. The molecule has 24 heavy (non-hydrogen) atoms. The van der Waals surface area contributed by atoms with Gasteiger partial charge in [-0.2, -0.15) is 4.57 Å². The molecule has 2 aromatic rings. The second-order valence-electron chi connectivity index (χ2n) is 8.28. The van der Waals surface area contributed by atoms with Crippen molar-refractivity contribution in [3.63, 3.8) is 0 Å². The van der Waals surface area contributed by atoms with E-state index in [1.54, 1.807) is 0 Å². The topological polar surface area (TPSA) is 30.2 Å². The Morgan fingerprint density at radius 2 is 1.96 bits per heavy atom. The van der Waals surface area contributed by atoms with E-state index in [9.17, 15) is 4.79 Å². The Labute approximate surface area is 143 Å². The molecule has 0 unspecified atom stereocenters. The number of aromatic nitrogens is 1. The summed E-state index contributed by atoms with van der Waals surface area (Å²) in [5, 5.41) is 1.14. The largest absolute Gasteiger partial charge is 0.457 e. The van der Waals surface area contributed by atoms with Gasteiger partial charge in [-0.15, -0.1) is 0 Å². The van der Waals surface area contributed by atoms with Gasteiger partial charge in [-0.1, -0.05) is 32.9 Å². The fraction of sp³-hybridized carbons (Fsp3) is 0.524. The molecule has 0 saturated heterocycles. The average Bonchev–Trinajstić information content (AvgIpc) is 2.88. The lowest BCUT2D eigenvalue weighted by atomic mass is 9.70. The van der Waals surface area contributed by atoms with E-state index < -0.39 is 0 Å². The molecular weight excluding hydrogens is 298 g/mol.